The Labute approximate surface area is 169 Å². The molecular formula is C22H26O7. The molecule has 6 atom stereocenters. The van der Waals surface area contributed by atoms with Gasteiger partial charge in [-0.3, -0.25) is 0 Å². The standard InChI is InChI=1S/C22H26O7/c1-2-12-4-3-5-13(8-12)21-15-9-14(6-7-16(15)27-11-28-21)22-20(26)19(25)18(24)17(10-23)29-22/h3-9,17-26H,2,10-11H2,1H3. The highest BCUT2D eigenvalue weighted by Gasteiger charge is 2.44. The van der Waals surface area contributed by atoms with Crippen LogP contribution in [0, 0.1) is 0 Å². The molecule has 0 aromatic heterocycles. The van der Waals surface area contributed by atoms with Crippen LogP contribution in [0.2, 0.25) is 0 Å². The molecule has 2 aromatic carbocycles. The third-order valence-electron chi connectivity index (χ3n) is 5.65. The molecule has 6 unspecified atom stereocenters. The molecule has 1 fully saturated rings. The quantitative estimate of drug-likeness (QED) is 0.609. The van der Waals surface area contributed by atoms with E-state index < -0.39 is 37.1 Å². The molecule has 0 bridgehead atoms. The lowest BCUT2D eigenvalue weighted by atomic mass is 9.89. The summed E-state index contributed by atoms with van der Waals surface area (Å²) >= 11 is 0. The van der Waals surface area contributed by atoms with E-state index in [1.54, 1.807) is 12.1 Å². The molecule has 29 heavy (non-hydrogen) atoms. The van der Waals surface area contributed by atoms with Gasteiger partial charge in [-0.1, -0.05) is 37.3 Å². The minimum Gasteiger partial charge on any atom is -0.467 e. The smallest absolute Gasteiger partial charge is 0.190 e. The van der Waals surface area contributed by atoms with E-state index in [1.807, 2.05) is 18.2 Å². The van der Waals surface area contributed by atoms with Gasteiger partial charge >= 0.3 is 0 Å². The van der Waals surface area contributed by atoms with Crippen LogP contribution >= 0.6 is 0 Å². The van der Waals surface area contributed by atoms with Crippen molar-refractivity contribution in [1.82, 2.24) is 0 Å². The van der Waals surface area contributed by atoms with Crippen LogP contribution in [0.25, 0.3) is 0 Å². The summed E-state index contributed by atoms with van der Waals surface area (Å²) in [5.41, 5.74) is 3.59. The fourth-order valence-electron chi connectivity index (χ4n) is 3.96. The van der Waals surface area contributed by atoms with Crippen molar-refractivity contribution in [2.75, 3.05) is 13.4 Å². The molecule has 0 saturated carbocycles. The first kappa shape index (κ1) is 20.3. The van der Waals surface area contributed by atoms with E-state index in [0.717, 1.165) is 17.5 Å². The average molecular weight is 402 g/mol. The van der Waals surface area contributed by atoms with Gasteiger partial charge in [-0.2, -0.15) is 0 Å². The molecular weight excluding hydrogens is 376 g/mol. The highest BCUT2D eigenvalue weighted by atomic mass is 16.7. The first-order valence-corrected chi connectivity index (χ1v) is 9.81. The maximum absolute atomic E-state index is 10.5. The van der Waals surface area contributed by atoms with Crippen molar-refractivity contribution in [3.8, 4) is 5.75 Å². The van der Waals surface area contributed by atoms with E-state index in [1.165, 1.54) is 5.56 Å². The second-order valence-electron chi connectivity index (χ2n) is 7.45. The summed E-state index contributed by atoms with van der Waals surface area (Å²) < 4.78 is 17.2. The van der Waals surface area contributed by atoms with Crippen LogP contribution in [-0.2, 0) is 15.9 Å². The van der Waals surface area contributed by atoms with Gasteiger partial charge in [0.1, 0.15) is 42.4 Å². The summed E-state index contributed by atoms with van der Waals surface area (Å²) in [6.45, 7) is 1.76. The van der Waals surface area contributed by atoms with Gasteiger partial charge in [-0.15, -0.1) is 0 Å². The van der Waals surface area contributed by atoms with Crippen molar-refractivity contribution in [3.63, 3.8) is 0 Å². The molecule has 1 saturated heterocycles. The number of rotatable bonds is 4. The fraction of sp³-hybridized carbons (Fsp3) is 0.455. The summed E-state index contributed by atoms with van der Waals surface area (Å²) in [6.07, 6.45) is -5.44. The van der Waals surface area contributed by atoms with Gasteiger partial charge in [0.2, 0.25) is 0 Å². The number of aryl methyl sites for hydroxylation is 1. The normalized spacial score (nSPS) is 31.8. The molecule has 7 nitrogen and oxygen atoms in total. The van der Waals surface area contributed by atoms with E-state index >= 15 is 0 Å². The molecule has 4 rings (SSSR count). The van der Waals surface area contributed by atoms with Crippen LogP contribution in [0.4, 0.5) is 0 Å². The number of aliphatic hydroxyl groups is 4. The summed E-state index contributed by atoms with van der Waals surface area (Å²) in [5, 5.41) is 40.0. The lowest BCUT2D eigenvalue weighted by Crippen LogP contribution is -2.55. The Kier molecular flexibility index (Phi) is 5.87. The largest absolute Gasteiger partial charge is 0.467 e. The molecule has 156 valence electrons. The predicted molar refractivity (Wildman–Crippen MR) is 103 cm³/mol. The highest BCUT2D eigenvalue weighted by molar-refractivity contribution is 5.45. The number of hydrogen-bond acceptors (Lipinski definition) is 7. The van der Waals surface area contributed by atoms with Crippen LogP contribution < -0.4 is 4.74 Å². The number of hydrogen-bond donors (Lipinski definition) is 4. The average Bonchev–Trinajstić information content (AvgIpc) is 2.77. The van der Waals surface area contributed by atoms with Gasteiger partial charge in [-0.05, 0) is 35.2 Å². The fourth-order valence-corrected chi connectivity index (χ4v) is 3.96. The van der Waals surface area contributed by atoms with Crippen LogP contribution in [0.1, 0.15) is 41.4 Å². The van der Waals surface area contributed by atoms with Gasteiger partial charge in [0.05, 0.1) is 6.61 Å². The molecule has 0 radical (unpaired) electrons. The summed E-state index contributed by atoms with van der Waals surface area (Å²) in [4.78, 5) is 0. The van der Waals surface area contributed by atoms with Crippen molar-refractivity contribution < 1.29 is 34.6 Å². The molecule has 4 N–H and O–H groups in total. The van der Waals surface area contributed by atoms with E-state index in [0.29, 0.717) is 11.3 Å². The van der Waals surface area contributed by atoms with E-state index in [-0.39, 0.29) is 12.9 Å². The topological polar surface area (TPSA) is 109 Å². The van der Waals surface area contributed by atoms with E-state index in [9.17, 15) is 20.4 Å². The van der Waals surface area contributed by atoms with Crippen molar-refractivity contribution in [2.24, 2.45) is 0 Å². The third kappa shape index (κ3) is 3.77. The van der Waals surface area contributed by atoms with Crippen LogP contribution in [-0.4, -0.2) is 58.2 Å². The Morgan fingerprint density at radius 1 is 0.966 bits per heavy atom. The Morgan fingerprint density at radius 3 is 2.55 bits per heavy atom. The number of ether oxygens (including phenoxy) is 3. The van der Waals surface area contributed by atoms with Gasteiger partial charge in [0.15, 0.2) is 6.79 Å². The second-order valence-corrected chi connectivity index (χ2v) is 7.45. The van der Waals surface area contributed by atoms with Gasteiger partial charge in [0.25, 0.3) is 0 Å². The number of benzene rings is 2. The summed E-state index contributed by atoms with van der Waals surface area (Å²) in [5.74, 6) is 0.677. The SMILES string of the molecule is CCc1cccc(C2OCOc3ccc(C4OC(CO)C(O)C(O)C4O)cc32)c1. The lowest BCUT2D eigenvalue weighted by molar-refractivity contribution is -0.231. The second kappa shape index (κ2) is 8.39. The summed E-state index contributed by atoms with van der Waals surface area (Å²) in [6, 6.07) is 13.5. The van der Waals surface area contributed by atoms with Gasteiger partial charge in [-0.25, -0.2) is 0 Å². The highest BCUT2D eigenvalue weighted by Crippen LogP contribution is 2.40. The Morgan fingerprint density at radius 2 is 1.79 bits per heavy atom. The number of aliphatic hydroxyl groups excluding tert-OH is 4. The molecule has 2 heterocycles. The number of fused-ring (bicyclic) bond motifs is 1. The monoisotopic (exact) mass is 402 g/mol. The minimum absolute atomic E-state index is 0.132. The molecule has 7 heteroatoms. The minimum atomic E-state index is -1.42. The first-order chi connectivity index (χ1) is 14.0. The van der Waals surface area contributed by atoms with Crippen molar-refractivity contribution >= 4 is 0 Å². The van der Waals surface area contributed by atoms with Crippen LogP contribution in [0.15, 0.2) is 42.5 Å². The Balaban J connectivity index is 1.70. The van der Waals surface area contributed by atoms with Gasteiger partial charge in [0, 0.05) is 5.56 Å². The Bertz CT molecular complexity index is 853. The van der Waals surface area contributed by atoms with E-state index in [4.69, 9.17) is 14.2 Å². The van der Waals surface area contributed by atoms with Crippen LogP contribution in [0.5, 0.6) is 5.75 Å². The molecule has 2 aromatic rings. The van der Waals surface area contributed by atoms with Gasteiger partial charge < -0.3 is 34.6 Å². The van der Waals surface area contributed by atoms with Crippen molar-refractivity contribution in [3.05, 3.63) is 64.7 Å². The maximum atomic E-state index is 10.5. The predicted octanol–water partition coefficient (Wildman–Crippen LogP) is 1.22. The first-order valence-electron chi connectivity index (χ1n) is 9.81. The van der Waals surface area contributed by atoms with Crippen LogP contribution in [0.3, 0.4) is 0 Å². The van der Waals surface area contributed by atoms with Crippen molar-refractivity contribution in [2.45, 2.75) is 50.0 Å². The zero-order chi connectivity index (χ0) is 20.5. The molecule has 2 aliphatic heterocycles. The van der Waals surface area contributed by atoms with E-state index in [2.05, 4.69) is 19.1 Å². The molecule has 0 spiro atoms. The molecule has 2 aliphatic rings. The zero-order valence-electron chi connectivity index (χ0n) is 16.1. The lowest BCUT2D eigenvalue weighted by Gasteiger charge is -2.40. The van der Waals surface area contributed by atoms with Crippen molar-refractivity contribution in [1.29, 1.82) is 0 Å². The molecule has 0 amide bonds. The maximum Gasteiger partial charge on any atom is 0.190 e. The molecule has 0 aliphatic carbocycles. The zero-order valence-corrected chi connectivity index (χ0v) is 16.1. The summed E-state index contributed by atoms with van der Waals surface area (Å²) in [7, 11) is 0. The Hall–Kier alpha value is -2.00. The third-order valence-corrected chi connectivity index (χ3v) is 5.65.